The maximum atomic E-state index is 10.6. The van der Waals surface area contributed by atoms with E-state index in [4.69, 9.17) is 4.55 Å². The summed E-state index contributed by atoms with van der Waals surface area (Å²) in [7, 11) is -4.68. The molecule has 0 saturated carbocycles. The molecule has 1 aromatic rings. The van der Waals surface area contributed by atoms with Crippen molar-refractivity contribution in [1.29, 1.82) is 0 Å². The third kappa shape index (κ3) is 6.20. The van der Waals surface area contributed by atoms with Crippen LogP contribution in [0.25, 0.3) is 0 Å². The second-order valence-electron chi connectivity index (χ2n) is 5.42. The summed E-state index contributed by atoms with van der Waals surface area (Å²) >= 11 is 0. The minimum absolute atomic E-state index is 0.203. The van der Waals surface area contributed by atoms with Crippen LogP contribution >= 0.6 is 0 Å². The summed E-state index contributed by atoms with van der Waals surface area (Å²) in [5, 5.41) is 22.5. The van der Waals surface area contributed by atoms with Gasteiger partial charge in [0.1, 0.15) is 11.5 Å². The number of aliphatic hydroxyl groups excluding tert-OH is 1. The van der Waals surface area contributed by atoms with Crippen molar-refractivity contribution >= 4 is 10.4 Å². The average molecular weight is 305 g/mol. The Labute approximate surface area is 118 Å². The Balaban J connectivity index is 2.90. The van der Waals surface area contributed by atoms with Gasteiger partial charge in [0.15, 0.2) is 0 Å². The molecule has 1 atom stereocenters. The third-order valence-electron chi connectivity index (χ3n) is 2.33. The number of hydrogen-bond donors (Lipinski definition) is 4. The van der Waals surface area contributed by atoms with Crippen molar-refractivity contribution in [2.24, 2.45) is 0 Å². The van der Waals surface area contributed by atoms with Crippen LogP contribution in [0.2, 0.25) is 0 Å². The molecule has 4 N–H and O–H groups in total. The highest BCUT2D eigenvalue weighted by molar-refractivity contribution is 7.81. The van der Waals surface area contributed by atoms with E-state index in [2.05, 4.69) is 9.50 Å². The van der Waals surface area contributed by atoms with Crippen LogP contribution in [0.15, 0.2) is 18.2 Å². The zero-order valence-corrected chi connectivity index (χ0v) is 12.3. The van der Waals surface area contributed by atoms with E-state index in [0.717, 1.165) is 6.07 Å². The van der Waals surface area contributed by atoms with Gasteiger partial charge in [0, 0.05) is 18.2 Å². The molecule has 0 fully saturated rings. The van der Waals surface area contributed by atoms with Crippen molar-refractivity contribution in [1.82, 2.24) is 5.32 Å². The summed E-state index contributed by atoms with van der Waals surface area (Å²) in [6, 6.07) is 3.52. The molecule has 0 spiro atoms. The summed E-state index contributed by atoms with van der Waals surface area (Å²) in [6.45, 7) is 5.98. The maximum absolute atomic E-state index is 10.6. The number of β-amino-alcohol motifs (C(OH)–C–C–N with tert-alkyl or cyclic N) is 1. The van der Waals surface area contributed by atoms with Gasteiger partial charge in [-0.2, -0.15) is 8.42 Å². The van der Waals surface area contributed by atoms with Crippen LogP contribution in [0.4, 0.5) is 0 Å². The average Bonchev–Trinajstić information content (AvgIpc) is 2.21. The van der Waals surface area contributed by atoms with E-state index in [1.54, 1.807) is 0 Å². The molecule has 0 unspecified atom stereocenters. The van der Waals surface area contributed by atoms with E-state index in [0.29, 0.717) is 0 Å². The quantitative estimate of drug-likeness (QED) is 0.599. The van der Waals surface area contributed by atoms with E-state index in [1.807, 2.05) is 20.8 Å². The normalized spacial score (nSPS) is 14.1. The second-order valence-corrected chi connectivity index (χ2v) is 6.44. The van der Waals surface area contributed by atoms with Crippen LogP contribution < -0.4 is 9.50 Å². The summed E-state index contributed by atoms with van der Waals surface area (Å²) in [6.07, 6.45) is -0.968. The number of hydrogen-bond acceptors (Lipinski definition) is 6. The Kier molecular flexibility index (Phi) is 4.98. The van der Waals surface area contributed by atoms with Gasteiger partial charge < -0.3 is 19.7 Å². The molecule has 0 heterocycles. The number of nitrogens with one attached hydrogen (secondary N) is 1. The summed E-state index contributed by atoms with van der Waals surface area (Å²) in [5.74, 6) is -0.562. The Morgan fingerprint density at radius 1 is 1.30 bits per heavy atom. The van der Waals surface area contributed by atoms with Gasteiger partial charge in [0.25, 0.3) is 0 Å². The minimum Gasteiger partial charge on any atom is -0.508 e. The van der Waals surface area contributed by atoms with Gasteiger partial charge in [-0.3, -0.25) is 4.55 Å². The molecule has 1 rings (SSSR count). The van der Waals surface area contributed by atoms with Gasteiger partial charge >= 0.3 is 10.4 Å². The molecule has 0 amide bonds. The molecule has 0 aliphatic rings. The van der Waals surface area contributed by atoms with Gasteiger partial charge in [0.05, 0.1) is 6.10 Å². The Hall–Kier alpha value is -1.35. The highest BCUT2D eigenvalue weighted by Gasteiger charge is 2.16. The van der Waals surface area contributed by atoms with Crippen molar-refractivity contribution in [2.75, 3.05) is 6.54 Å². The molecule has 0 aromatic heterocycles. The van der Waals surface area contributed by atoms with E-state index in [9.17, 15) is 18.6 Å². The lowest BCUT2D eigenvalue weighted by Gasteiger charge is -2.23. The fourth-order valence-corrected chi connectivity index (χ4v) is 1.83. The largest absolute Gasteiger partial charge is 0.508 e. The van der Waals surface area contributed by atoms with Crippen molar-refractivity contribution < 1.29 is 27.4 Å². The SMILES string of the molecule is CC(C)(C)NC[C@@H](O)c1cc(O)cc(OS(=O)(=O)O)c1. The van der Waals surface area contributed by atoms with Gasteiger partial charge in [-0.1, -0.05) is 0 Å². The molecule has 20 heavy (non-hydrogen) atoms. The lowest BCUT2D eigenvalue weighted by Crippen LogP contribution is -2.38. The maximum Gasteiger partial charge on any atom is 0.446 e. The van der Waals surface area contributed by atoms with Crippen LogP contribution in [0, 0.1) is 0 Å². The van der Waals surface area contributed by atoms with Crippen LogP contribution in [0.5, 0.6) is 11.5 Å². The third-order valence-corrected chi connectivity index (χ3v) is 2.73. The molecular formula is C12H19NO6S. The van der Waals surface area contributed by atoms with E-state index < -0.39 is 16.5 Å². The number of aromatic hydroxyl groups is 1. The predicted molar refractivity (Wildman–Crippen MR) is 73.0 cm³/mol. The predicted octanol–water partition coefficient (Wildman–Crippen LogP) is 0.995. The molecule has 0 bridgehead atoms. The lowest BCUT2D eigenvalue weighted by atomic mass is 10.1. The number of phenols is 1. The van der Waals surface area contributed by atoms with Crippen molar-refractivity contribution in [2.45, 2.75) is 32.4 Å². The molecule has 1 aromatic carbocycles. The zero-order chi connectivity index (χ0) is 15.6. The zero-order valence-electron chi connectivity index (χ0n) is 11.5. The first-order valence-corrected chi connectivity index (χ1v) is 7.27. The van der Waals surface area contributed by atoms with E-state index in [1.165, 1.54) is 12.1 Å². The summed E-state index contributed by atoms with van der Waals surface area (Å²) in [4.78, 5) is 0. The number of phenolic OH excluding ortho intramolecular Hbond substituents is 1. The molecule has 0 aliphatic heterocycles. The number of aliphatic hydroxyl groups is 1. The van der Waals surface area contributed by atoms with Crippen LogP contribution in [0.1, 0.15) is 32.4 Å². The van der Waals surface area contributed by atoms with Gasteiger partial charge in [-0.15, -0.1) is 0 Å². The van der Waals surface area contributed by atoms with Crippen LogP contribution in [-0.4, -0.2) is 35.3 Å². The number of benzene rings is 1. The first kappa shape index (κ1) is 16.7. The molecule has 114 valence electrons. The molecule has 0 radical (unpaired) electrons. The monoisotopic (exact) mass is 305 g/mol. The molecule has 7 nitrogen and oxygen atoms in total. The standard InChI is InChI=1S/C12H19NO6S/c1-12(2,3)13-7-11(15)8-4-9(14)6-10(5-8)19-20(16,17)18/h4-6,11,13-15H,7H2,1-3H3,(H,16,17,18)/t11-/m1/s1. The fourth-order valence-electron chi connectivity index (χ4n) is 1.49. The van der Waals surface area contributed by atoms with Crippen LogP contribution in [-0.2, 0) is 10.4 Å². The topological polar surface area (TPSA) is 116 Å². The van der Waals surface area contributed by atoms with Crippen molar-refractivity contribution in [3.8, 4) is 11.5 Å². The second kappa shape index (κ2) is 5.96. The first-order chi connectivity index (χ1) is 8.96. The van der Waals surface area contributed by atoms with Gasteiger partial charge in [-0.25, -0.2) is 0 Å². The van der Waals surface area contributed by atoms with Crippen molar-refractivity contribution in [3.63, 3.8) is 0 Å². The van der Waals surface area contributed by atoms with Gasteiger partial charge in [0.2, 0.25) is 0 Å². The van der Waals surface area contributed by atoms with E-state index >= 15 is 0 Å². The lowest BCUT2D eigenvalue weighted by molar-refractivity contribution is 0.162. The Morgan fingerprint density at radius 2 is 1.90 bits per heavy atom. The molecule has 0 saturated heterocycles. The molecule has 0 aliphatic carbocycles. The Bertz CT molecular complexity index is 564. The minimum atomic E-state index is -4.68. The van der Waals surface area contributed by atoms with Crippen LogP contribution in [0.3, 0.4) is 0 Å². The highest BCUT2D eigenvalue weighted by atomic mass is 32.3. The highest BCUT2D eigenvalue weighted by Crippen LogP contribution is 2.26. The van der Waals surface area contributed by atoms with Crippen molar-refractivity contribution in [3.05, 3.63) is 23.8 Å². The Morgan fingerprint density at radius 3 is 2.40 bits per heavy atom. The van der Waals surface area contributed by atoms with Gasteiger partial charge in [-0.05, 0) is 38.5 Å². The smallest absolute Gasteiger partial charge is 0.446 e. The summed E-state index contributed by atoms with van der Waals surface area (Å²) < 4.78 is 34.1. The molecular weight excluding hydrogens is 286 g/mol. The summed E-state index contributed by atoms with van der Waals surface area (Å²) in [5.41, 5.74) is 0.0615. The fraction of sp³-hybridized carbons (Fsp3) is 0.500. The number of rotatable bonds is 5. The van der Waals surface area contributed by atoms with E-state index in [-0.39, 0.29) is 29.1 Å². The molecule has 8 heteroatoms. The first-order valence-electron chi connectivity index (χ1n) is 5.90.